The maximum absolute atomic E-state index is 13.1. The summed E-state index contributed by atoms with van der Waals surface area (Å²) < 4.78 is 0. The Hall–Kier alpha value is -3.11. The van der Waals surface area contributed by atoms with Gasteiger partial charge in [0.2, 0.25) is 5.91 Å². The number of amides is 1. The molecule has 0 radical (unpaired) electrons. The SMILES string of the molecule is Cc1cccc(Cc2ccc3c(c2)C(NC(=O)C(N)Cc2c(C)cc(C)cc2C)CCN3)c1. The van der Waals surface area contributed by atoms with Gasteiger partial charge in [0, 0.05) is 12.2 Å². The maximum Gasteiger partial charge on any atom is 0.237 e. The molecule has 0 aromatic heterocycles. The molecule has 0 saturated heterocycles. The van der Waals surface area contributed by atoms with Gasteiger partial charge in [0.15, 0.2) is 0 Å². The van der Waals surface area contributed by atoms with Crippen molar-refractivity contribution in [2.45, 2.75) is 59.0 Å². The molecule has 3 aromatic carbocycles. The zero-order valence-corrected chi connectivity index (χ0v) is 20.2. The summed E-state index contributed by atoms with van der Waals surface area (Å²) in [4.78, 5) is 13.1. The largest absolute Gasteiger partial charge is 0.385 e. The van der Waals surface area contributed by atoms with E-state index in [1.807, 2.05) is 0 Å². The molecule has 1 heterocycles. The molecule has 1 amide bonds. The van der Waals surface area contributed by atoms with E-state index >= 15 is 0 Å². The first-order chi connectivity index (χ1) is 15.8. The van der Waals surface area contributed by atoms with Crippen molar-refractivity contribution in [1.82, 2.24) is 5.32 Å². The third kappa shape index (κ3) is 5.45. The van der Waals surface area contributed by atoms with E-state index in [1.54, 1.807) is 0 Å². The highest BCUT2D eigenvalue weighted by Crippen LogP contribution is 2.31. The van der Waals surface area contributed by atoms with Crippen LogP contribution in [0, 0.1) is 27.7 Å². The maximum atomic E-state index is 13.1. The van der Waals surface area contributed by atoms with Crippen molar-refractivity contribution in [2.24, 2.45) is 5.73 Å². The predicted octanol–water partition coefficient (Wildman–Crippen LogP) is 5.05. The number of carbonyl (C=O) groups is 1. The fraction of sp³-hybridized carbons (Fsp3) is 0.345. The van der Waals surface area contributed by atoms with E-state index in [9.17, 15) is 4.79 Å². The van der Waals surface area contributed by atoms with E-state index in [-0.39, 0.29) is 11.9 Å². The Morgan fingerprint density at radius 3 is 2.45 bits per heavy atom. The number of aryl methyl sites for hydroxylation is 4. The van der Waals surface area contributed by atoms with Crippen LogP contribution in [0.15, 0.2) is 54.6 Å². The third-order valence-electron chi connectivity index (χ3n) is 6.65. The second-order valence-electron chi connectivity index (χ2n) is 9.55. The van der Waals surface area contributed by atoms with E-state index < -0.39 is 6.04 Å². The van der Waals surface area contributed by atoms with Crippen LogP contribution >= 0.6 is 0 Å². The Morgan fingerprint density at radius 1 is 1.00 bits per heavy atom. The molecule has 4 heteroatoms. The van der Waals surface area contributed by atoms with Gasteiger partial charge < -0.3 is 16.4 Å². The molecule has 1 aliphatic heterocycles. The third-order valence-corrected chi connectivity index (χ3v) is 6.65. The summed E-state index contributed by atoms with van der Waals surface area (Å²) in [7, 11) is 0. The van der Waals surface area contributed by atoms with Crippen molar-refractivity contribution in [3.05, 3.63) is 99.1 Å². The van der Waals surface area contributed by atoms with Gasteiger partial charge in [-0.05, 0) is 86.4 Å². The van der Waals surface area contributed by atoms with E-state index in [4.69, 9.17) is 5.73 Å². The molecule has 33 heavy (non-hydrogen) atoms. The van der Waals surface area contributed by atoms with Gasteiger partial charge in [-0.3, -0.25) is 4.79 Å². The van der Waals surface area contributed by atoms with Crippen molar-refractivity contribution in [2.75, 3.05) is 11.9 Å². The number of rotatable bonds is 6. The second kappa shape index (κ2) is 9.80. The molecular weight excluding hydrogens is 406 g/mol. The highest BCUT2D eigenvalue weighted by molar-refractivity contribution is 5.82. The number of benzene rings is 3. The van der Waals surface area contributed by atoms with Crippen molar-refractivity contribution in [1.29, 1.82) is 0 Å². The number of hydrogen-bond acceptors (Lipinski definition) is 3. The number of nitrogens with two attached hydrogens (primary N) is 1. The van der Waals surface area contributed by atoms with Gasteiger partial charge in [-0.2, -0.15) is 0 Å². The molecule has 0 saturated carbocycles. The van der Waals surface area contributed by atoms with Crippen LogP contribution in [0.2, 0.25) is 0 Å². The van der Waals surface area contributed by atoms with Crippen LogP contribution in [0.3, 0.4) is 0 Å². The van der Waals surface area contributed by atoms with Gasteiger partial charge in [-0.15, -0.1) is 0 Å². The number of carbonyl (C=O) groups excluding carboxylic acids is 1. The lowest BCUT2D eigenvalue weighted by atomic mass is 9.92. The Morgan fingerprint density at radius 2 is 1.73 bits per heavy atom. The molecule has 4 nitrogen and oxygen atoms in total. The first-order valence-electron chi connectivity index (χ1n) is 11.8. The van der Waals surface area contributed by atoms with Crippen molar-refractivity contribution in [3.63, 3.8) is 0 Å². The molecule has 0 spiro atoms. The quantitative estimate of drug-likeness (QED) is 0.501. The summed E-state index contributed by atoms with van der Waals surface area (Å²) in [6.07, 6.45) is 2.28. The summed E-state index contributed by atoms with van der Waals surface area (Å²) in [6.45, 7) is 9.24. The second-order valence-corrected chi connectivity index (χ2v) is 9.55. The number of anilines is 1. The Balaban J connectivity index is 1.48. The monoisotopic (exact) mass is 441 g/mol. The highest BCUT2D eigenvalue weighted by Gasteiger charge is 2.25. The lowest BCUT2D eigenvalue weighted by Crippen LogP contribution is -2.44. The first-order valence-corrected chi connectivity index (χ1v) is 11.8. The van der Waals surface area contributed by atoms with Gasteiger partial charge in [-0.25, -0.2) is 0 Å². The summed E-state index contributed by atoms with van der Waals surface area (Å²) >= 11 is 0. The normalized spacial score (nSPS) is 16.0. The van der Waals surface area contributed by atoms with Crippen LogP contribution in [0.4, 0.5) is 5.69 Å². The standard InChI is InChI=1S/C29H35N3O/c1-18-6-5-7-22(14-18)15-23-8-9-27-25(16-23)28(10-11-31-27)32-29(33)26(30)17-24-20(3)12-19(2)13-21(24)4/h5-9,12-14,16,26,28,31H,10-11,15,17,30H2,1-4H3,(H,32,33). The lowest BCUT2D eigenvalue weighted by Gasteiger charge is -2.29. The van der Waals surface area contributed by atoms with Gasteiger partial charge in [0.05, 0.1) is 12.1 Å². The van der Waals surface area contributed by atoms with E-state index in [1.165, 1.54) is 38.9 Å². The summed E-state index contributed by atoms with van der Waals surface area (Å²) in [5.74, 6) is -0.0867. The molecular formula is C29H35N3O. The van der Waals surface area contributed by atoms with E-state index in [2.05, 4.69) is 92.9 Å². The van der Waals surface area contributed by atoms with E-state index in [0.29, 0.717) is 6.42 Å². The summed E-state index contributed by atoms with van der Waals surface area (Å²) in [6, 6.07) is 18.9. The zero-order chi connectivity index (χ0) is 23.5. The Kier molecular flexibility index (Phi) is 6.85. The van der Waals surface area contributed by atoms with Gasteiger partial charge in [0.25, 0.3) is 0 Å². The number of fused-ring (bicyclic) bond motifs is 1. The van der Waals surface area contributed by atoms with Crippen LogP contribution in [0.25, 0.3) is 0 Å². The highest BCUT2D eigenvalue weighted by atomic mass is 16.2. The van der Waals surface area contributed by atoms with Gasteiger partial charge in [-0.1, -0.05) is 59.7 Å². The topological polar surface area (TPSA) is 67.2 Å². The molecule has 1 aliphatic rings. The summed E-state index contributed by atoms with van der Waals surface area (Å²) in [5.41, 5.74) is 17.2. The first kappa shape index (κ1) is 23.1. The van der Waals surface area contributed by atoms with Crippen LogP contribution < -0.4 is 16.4 Å². The number of hydrogen-bond donors (Lipinski definition) is 3. The number of nitrogens with one attached hydrogen (secondary N) is 2. The molecule has 2 atom stereocenters. The molecule has 2 unspecified atom stereocenters. The van der Waals surface area contributed by atoms with Crippen LogP contribution in [-0.2, 0) is 17.6 Å². The van der Waals surface area contributed by atoms with Crippen LogP contribution in [-0.4, -0.2) is 18.5 Å². The van der Waals surface area contributed by atoms with Crippen molar-refractivity contribution in [3.8, 4) is 0 Å². The average molecular weight is 442 g/mol. The molecule has 4 N–H and O–H groups in total. The zero-order valence-electron chi connectivity index (χ0n) is 20.2. The van der Waals surface area contributed by atoms with Crippen LogP contribution in [0.1, 0.15) is 57.0 Å². The fourth-order valence-electron chi connectivity index (χ4n) is 5.01. The van der Waals surface area contributed by atoms with E-state index in [0.717, 1.165) is 30.6 Å². The van der Waals surface area contributed by atoms with Crippen LogP contribution in [0.5, 0.6) is 0 Å². The molecule has 172 valence electrons. The molecule has 0 fully saturated rings. The fourth-order valence-corrected chi connectivity index (χ4v) is 5.01. The Labute approximate surface area is 197 Å². The minimum atomic E-state index is -0.570. The van der Waals surface area contributed by atoms with Gasteiger partial charge in [0.1, 0.15) is 0 Å². The minimum absolute atomic E-state index is 0.0301. The van der Waals surface area contributed by atoms with Gasteiger partial charge >= 0.3 is 0 Å². The summed E-state index contributed by atoms with van der Waals surface area (Å²) in [5, 5.41) is 6.71. The average Bonchev–Trinajstić information content (AvgIpc) is 2.76. The smallest absolute Gasteiger partial charge is 0.237 e. The molecule has 0 bridgehead atoms. The minimum Gasteiger partial charge on any atom is -0.385 e. The molecule has 0 aliphatic carbocycles. The molecule has 4 rings (SSSR count). The van der Waals surface area contributed by atoms with Crippen molar-refractivity contribution < 1.29 is 4.79 Å². The predicted molar refractivity (Wildman–Crippen MR) is 137 cm³/mol. The van der Waals surface area contributed by atoms with Crippen molar-refractivity contribution >= 4 is 11.6 Å². The Bertz CT molecular complexity index is 1140. The molecule has 3 aromatic rings. The lowest BCUT2D eigenvalue weighted by molar-refractivity contribution is -0.123.